The highest BCUT2D eigenvalue weighted by Gasteiger charge is 2.45. The first-order valence-electron chi connectivity index (χ1n) is 8.58. The van der Waals surface area contributed by atoms with Crippen molar-refractivity contribution in [1.82, 2.24) is 0 Å². The first-order valence-corrected chi connectivity index (χ1v) is 8.58. The third kappa shape index (κ3) is 2.56. The Hall–Kier alpha value is -1.00. The molecule has 0 radical (unpaired) electrons. The Bertz CT molecular complexity index is 513. The van der Waals surface area contributed by atoms with Crippen molar-refractivity contribution < 1.29 is 19.1 Å². The number of ether oxygens (including phenoxy) is 2. The Labute approximate surface area is 132 Å². The molecule has 1 saturated heterocycles. The minimum Gasteiger partial charge on any atom is -0.348 e. The fraction of sp³-hybridized carbons (Fsp3) is 0.778. The van der Waals surface area contributed by atoms with Gasteiger partial charge >= 0.3 is 0 Å². The summed E-state index contributed by atoms with van der Waals surface area (Å²) in [6.07, 6.45) is 5.80. The number of allylic oxidation sites excluding steroid dienone is 2. The van der Waals surface area contributed by atoms with E-state index in [1.807, 2.05) is 6.92 Å². The van der Waals surface area contributed by atoms with Crippen LogP contribution in [0.3, 0.4) is 0 Å². The Morgan fingerprint density at radius 2 is 1.82 bits per heavy atom. The van der Waals surface area contributed by atoms with E-state index in [-0.39, 0.29) is 5.78 Å². The zero-order valence-electron chi connectivity index (χ0n) is 13.7. The number of carbonyl (C=O) groups excluding carboxylic acids is 2. The molecule has 1 saturated carbocycles. The number of hydrogen-bond acceptors (Lipinski definition) is 4. The molecule has 0 aromatic carbocycles. The average Bonchev–Trinajstić information content (AvgIpc) is 2.98. The molecular weight excluding hydrogens is 280 g/mol. The van der Waals surface area contributed by atoms with Gasteiger partial charge in [-0.05, 0) is 44.6 Å². The number of carbonyl (C=O) groups is 2. The van der Waals surface area contributed by atoms with E-state index in [9.17, 15) is 9.59 Å². The molecule has 0 aromatic rings. The molecule has 0 unspecified atom stereocenters. The molecular formula is C18H26O4. The SMILES string of the molecule is CCC1(CCC2=C3CCCC(=O)[C@@]3(C)CCC2=O)OCCO1. The van der Waals surface area contributed by atoms with Crippen molar-refractivity contribution in [3.63, 3.8) is 0 Å². The lowest BCUT2D eigenvalue weighted by molar-refractivity contribution is -0.163. The normalized spacial score (nSPS) is 31.5. The second-order valence-electron chi connectivity index (χ2n) is 6.95. The van der Waals surface area contributed by atoms with Gasteiger partial charge in [0.25, 0.3) is 0 Å². The molecule has 1 aliphatic heterocycles. The Kier molecular flexibility index (Phi) is 4.25. The molecule has 22 heavy (non-hydrogen) atoms. The Balaban J connectivity index is 1.84. The van der Waals surface area contributed by atoms with Crippen molar-refractivity contribution in [2.75, 3.05) is 13.2 Å². The number of hydrogen-bond donors (Lipinski definition) is 0. The van der Waals surface area contributed by atoms with Crippen LogP contribution in [0.4, 0.5) is 0 Å². The maximum Gasteiger partial charge on any atom is 0.168 e. The number of fused-ring (bicyclic) bond motifs is 1. The summed E-state index contributed by atoms with van der Waals surface area (Å²) in [6, 6.07) is 0. The van der Waals surface area contributed by atoms with Crippen molar-refractivity contribution in [1.29, 1.82) is 0 Å². The van der Waals surface area contributed by atoms with E-state index in [0.717, 1.165) is 30.4 Å². The smallest absolute Gasteiger partial charge is 0.168 e. The monoisotopic (exact) mass is 306 g/mol. The first kappa shape index (κ1) is 15.9. The molecule has 0 N–H and O–H groups in total. The molecule has 1 atom stereocenters. The second-order valence-corrected chi connectivity index (χ2v) is 6.95. The van der Waals surface area contributed by atoms with E-state index in [1.54, 1.807) is 0 Å². The molecule has 3 aliphatic rings. The van der Waals surface area contributed by atoms with Crippen LogP contribution in [-0.4, -0.2) is 30.6 Å². The fourth-order valence-electron chi connectivity index (χ4n) is 4.23. The van der Waals surface area contributed by atoms with E-state index < -0.39 is 11.2 Å². The first-order chi connectivity index (χ1) is 10.5. The summed E-state index contributed by atoms with van der Waals surface area (Å²) in [7, 11) is 0. The zero-order chi connectivity index (χ0) is 15.8. The minimum absolute atomic E-state index is 0.228. The van der Waals surface area contributed by atoms with Crippen LogP contribution in [0.25, 0.3) is 0 Å². The van der Waals surface area contributed by atoms with Crippen LogP contribution in [0, 0.1) is 5.41 Å². The van der Waals surface area contributed by atoms with Gasteiger partial charge in [0.15, 0.2) is 11.6 Å². The average molecular weight is 306 g/mol. The lowest BCUT2D eigenvalue weighted by Gasteiger charge is -2.40. The van der Waals surface area contributed by atoms with Crippen LogP contribution in [0.2, 0.25) is 0 Å². The van der Waals surface area contributed by atoms with E-state index in [0.29, 0.717) is 51.1 Å². The molecule has 0 aromatic heterocycles. The predicted molar refractivity (Wildman–Crippen MR) is 82.4 cm³/mol. The van der Waals surface area contributed by atoms with Crippen molar-refractivity contribution >= 4 is 11.6 Å². The van der Waals surface area contributed by atoms with Gasteiger partial charge in [0.1, 0.15) is 5.78 Å². The highest BCUT2D eigenvalue weighted by Crippen LogP contribution is 2.48. The quantitative estimate of drug-likeness (QED) is 0.799. The molecule has 2 aliphatic carbocycles. The predicted octanol–water partition coefficient (Wildman–Crippen LogP) is 3.34. The lowest BCUT2D eigenvalue weighted by atomic mass is 9.62. The van der Waals surface area contributed by atoms with Gasteiger partial charge in [-0.3, -0.25) is 9.59 Å². The lowest BCUT2D eigenvalue weighted by Crippen LogP contribution is -2.39. The molecule has 0 bridgehead atoms. The van der Waals surface area contributed by atoms with Crippen LogP contribution >= 0.6 is 0 Å². The highest BCUT2D eigenvalue weighted by atomic mass is 16.7. The van der Waals surface area contributed by atoms with Crippen LogP contribution < -0.4 is 0 Å². The maximum absolute atomic E-state index is 12.4. The third-order valence-electron chi connectivity index (χ3n) is 5.77. The molecule has 4 nitrogen and oxygen atoms in total. The van der Waals surface area contributed by atoms with Crippen molar-refractivity contribution in [3.8, 4) is 0 Å². The van der Waals surface area contributed by atoms with Crippen LogP contribution in [0.1, 0.15) is 65.2 Å². The molecule has 3 rings (SSSR count). The van der Waals surface area contributed by atoms with Gasteiger partial charge in [0, 0.05) is 24.7 Å². The molecule has 0 amide bonds. The summed E-state index contributed by atoms with van der Waals surface area (Å²) in [6.45, 7) is 5.35. The van der Waals surface area contributed by atoms with Crippen molar-refractivity contribution in [2.45, 2.75) is 71.0 Å². The summed E-state index contributed by atoms with van der Waals surface area (Å²) in [5, 5.41) is 0. The summed E-state index contributed by atoms with van der Waals surface area (Å²) < 4.78 is 11.6. The maximum atomic E-state index is 12.4. The number of ketones is 2. The summed E-state index contributed by atoms with van der Waals surface area (Å²) in [4.78, 5) is 24.8. The summed E-state index contributed by atoms with van der Waals surface area (Å²) in [5.74, 6) is 0.0177. The van der Waals surface area contributed by atoms with Gasteiger partial charge in [-0.1, -0.05) is 12.5 Å². The summed E-state index contributed by atoms with van der Waals surface area (Å²) >= 11 is 0. The van der Waals surface area contributed by atoms with Gasteiger partial charge in [0.05, 0.1) is 13.2 Å². The van der Waals surface area contributed by atoms with Gasteiger partial charge in [0.2, 0.25) is 0 Å². The minimum atomic E-state index is -0.527. The Morgan fingerprint density at radius 3 is 2.50 bits per heavy atom. The van der Waals surface area contributed by atoms with Gasteiger partial charge in [-0.25, -0.2) is 0 Å². The summed E-state index contributed by atoms with van der Waals surface area (Å²) in [5.41, 5.74) is 1.62. The molecule has 4 heteroatoms. The van der Waals surface area contributed by atoms with Crippen LogP contribution in [0.15, 0.2) is 11.1 Å². The highest BCUT2D eigenvalue weighted by molar-refractivity contribution is 6.01. The molecule has 0 spiro atoms. The van der Waals surface area contributed by atoms with E-state index in [4.69, 9.17) is 9.47 Å². The molecule has 1 heterocycles. The van der Waals surface area contributed by atoms with E-state index in [1.165, 1.54) is 0 Å². The Morgan fingerprint density at radius 1 is 1.09 bits per heavy atom. The van der Waals surface area contributed by atoms with Gasteiger partial charge < -0.3 is 9.47 Å². The molecule has 122 valence electrons. The van der Waals surface area contributed by atoms with Crippen LogP contribution in [-0.2, 0) is 19.1 Å². The van der Waals surface area contributed by atoms with Gasteiger partial charge in [-0.2, -0.15) is 0 Å². The molecule has 2 fully saturated rings. The number of Topliss-reactive ketones (excluding diaryl/α,β-unsaturated/α-hetero) is 2. The van der Waals surface area contributed by atoms with Gasteiger partial charge in [-0.15, -0.1) is 0 Å². The standard InChI is InChI=1S/C18H26O4/c1-3-18(21-11-12-22-18)10-7-13-14-5-4-6-16(20)17(14,2)9-8-15(13)19/h3-12H2,1-2H3/t17-/m0/s1. The topological polar surface area (TPSA) is 52.6 Å². The number of rotatable bonds is 4. The fourth-order valence-corrected chi connectivity index (χ4v) is 4.23. The van der Waals surface area contributed by atoms with E-state index >= 15 is 0 Å². The second kappa shape index (κ2) is 5.89. The van der Waals surface area contributed by atoms with Crippen LogP contribution in [0.5, 0.6) is 0 Å². The largest absolute Gasteiger partial charge is 0.348 e. The van der Waals surface area contributed by atoms with Crippen molar-refractivity contribution in [3.05, 3.63) is 11.1 Å². The third-order valence-corrected chi connectivity index (χ3v) is 5.77. The van der Waals surface area contributed by atoms with Crippen molar-refractivity contribution in [2.24, 2.45) is 5.41 Å². The zero-order valence-corrected chi connectivity index (χ0v) is 13.7. The van der Waals surface area contributed by atoms with E-state index in [2.05, 4.69) is 6.92 Å².